The highest BCUT2D eigenvalue weighted by atomic mass is 35.5. The molecule has 1 aromatic carbocycles. The van der Waals surface area contributed by atoms with Gasteiger partial charge in [0.2, 0.25) is 0 Å². The molecule has 0 aromatic heterocycles. The zero-order chi connectivity index (χ0) is 13.6. The third-order valence-electron chi connectivity index (χ3n) is 6.10. The van der Waals surface area contributed by atoms with Crippen LogP contribution in [0.2, 0.25) is 0 Å². The summed E-state index contributed by atoms with van der Waals surface area (Å²) in [5.41, 5.74) is 5.36. The average Bonchev–Trinajstić information content (AvgIpc) is 2.47. The summed E-state index contributed by atoms with van der Waals surface area (Å²) in [4.78, 5) is 0. The summed E-state index contributed by atoms with van der Waals surface area (Å²) in [6, 6.07) is 7.68. The molecule has 1 saturated carbocycles. The van der Waals surface area contributed by atoms with Crippen molar-refractivity contribution in [3.63, 3.8) is 0 Å². The van der Waals surface area contributed by atoms with E-state index in [9.17, 15) is 0 Å². The van der Waals surface area contributed by atoms with Gasteiger partial charge in [-0.3, -0.25) is 0 Å². The lowest BCUT2D eigenvalue weighted by atomic mass is 9.52. The predicted molar refractivity (Wildman–Crippen MR) is 84.6 cm³/mol. The highest BCUT2D eigenvalue weighted by molar-refractivity contribution is 6.18. The number of piperidine rings is 1. The van der Waals surface area contributed by atoms with Crippen LogP contribution in [0.15, 0.2) is 18.2 Å². The number of alkyl halides is 1. The minimum absolute atomic E-state index is 0.477. The molecule has 1 nitrogen and oxygen atoms in total. The first-order valence-corrected chi connectivity index (χ1v) is 8.79. The zero-order valence-corrected chi connectivity index (χ0v) is 12.9. The minimum atomic E-state index is 0.477. The van der Waals surface area contributed by atoms with E-state index in [2.05, 4.69) is 23.5 Å². The van der Waals surface area contributed by atoms with Gasteiger partial charge in [-0.1, -0.05) is 31.0 Å². The molecule has 1 N–H and O–H groups in total. The Kier molecular flexibility index (Phi) is 3.31. The molecule has 20 heavy (non-hydrogen) atoms. The minimum Gasteiger partial charge on any atom is -0.313 e. The lowest BCUT2D eigenvalue weighted by Crippen LogP contribution is -2.59. The monoisotopic (exact) mass is 289 g/mol. The van der Waals surface area contributed by atoms with Crippen molar-refractivity contribution in [2.75, 3.05) is 12.4 Å². The van der Waals surface area contributed by atoms with Crippen LogP contribution < -0.4 is 5.32 Å². The molecule has 2 aliphatic carbocycles. The zero-order valence-electron chi connectivity index (χ0n) is 12.1. The van der Waals surface area contributed by atoms with Crippen molar-refractivity contribution in [1.29, 1.82) is 0 Å². The van der Waals surface area contributed by atoms with E-state index in [1.165, 1.54) is 45.1 Å². The fourth-order valence-corrected chi connectivity index (χ4v) is 5.65. The second-order valence-electron chi connectivity index (χ2n) is 6.91. The average molecular weight is 290 g/mol. The first-order valence-electron chi connectivity index (χ1n) is 8.26. The Morgan fingerprint density at radius 2 is 2.20 bits per heavy atom. The van der Waals surface area contributed by atoms with E-state index in [0.29, 0.717) is 5.41 Å². The van der Waals surface area contributed by atoms with Gasteiger partial charge in [-0.2, -0.15) is 0 Å². The van der Waals surface area contributed by atoms with Gasteiger partial charge in [-0.25, -0.2) is 0 Å². The lowest BCUT2D eigenvalue weighted by Gasteiger charge is -2.56. The van der Waals surface area contributed by atoms with E-state index in [0.717, 1.165) is 24.3 Å². The third kappa shape index (κ3) is 1.79. The van der Waals surface area contributed by atoms with Gasteiger partial charge in [0.15, 0.2) is 0 Å². The molecule has 0 radical (unpaired) electrons. The van der Waals surface area contributed by atoms with Crippen molar-refractivity contribution in [1.82, 2.24) is 5.32 Å². The van der Waals surface area contributed by atoms with Gasteiger partial charge in [0.25, 0.3) is 0 Å². The van der Waals surface area contributed by atoms with Crippen molar-refractivity contribution in [3.8, 4) is 0 Å². The number of rotatable bonds is 2. The second kappa shape index (κ2) is 5.03. The molecular formula is C18H24ClN. The van der Waals surface area contributed by atoms with E-state index in [1.54, 1.807) is 16.7 Å². The Morgan fingerprint density at radius 1 is 1.25 bits per heavy atom. The molecule has 108 valence electrons. The largest absolute Gasteiger partial charge is 0.313 e. The summed E-state index contributed by atoms with van der Waals surface area (Å²) in [7, 11) is 0. The van der Waals surface area contributed by atoms with Crippen LogP contribution in [0.25, 0.3) is 0 Å². The summed E-state index contributed by atoms with van der Waals surface area (Å²) < 4.78 is 0. The highest BCUT2D eigenvalue weighted by Crippen LogP contribution is 2.54. The standard InChI is InChI=1S/C18H24ClN/c19-10-7-13-4-3-5-14-12-16-15-6-1-2-8-18(15,17(13)14)9-11-20-16/h3-5,15-16,20H,1-2,6-12H2/t15-,16+,18+/m0/s1. The highest BCUT2D eigenvalue weighted by Gasteiger charge is 2.51. The van der Waals surface area contributed by atoms with Gasteiger partial charge >= 0.3 is 0 Å². The fourth-order valence-electron chi connectivity index (χ4n) is 5.45. The number of aryl methyl sites for hydroxylation is 1. The molecule has 3 aliphatic rings. The smallest absolute Gasteiger partial charge is 0.0264 e. The van der Waals surface area contributed by atoms with Crippen molar-refractivity contribution in [2.24, 2.45) is 5.92 Å². The first-order chi connectivity index (χ1) is 9.85. The Morgan fingerprint density at radius 3 is 3.10 bits per heavy atom. The van der Waals surface area contributed by atoms with Gasteiger partial charge in [-0.05, 0) is 61.3 Å². The normalized spacial score (nSPS) is 35.2. The molecule has 1 saturated heterocycles. The molecule has 3 atom stereocenters. The van der Waals surface area contributed by atoms with E-state index < -0.39 is 0 Å². The summed E-state index contributed by atoms with van der Waals surface area (Å²) in [6.07, 6.45) is 9.28. The van der Waals surface area contributed by atoms with E-state index in [-0.39, 0.29) is 0 Å². The SMILES string of the molecule is ClCCc1cccc2c1[C@@]13CCCC[C@H]1[C@@H](C2)NCC3. The molecule has 0 unspecified atom stereocenters. The van der Waals surface area contributed by atoms with E-state index in [4.69, 9.17) is 11.6 Å². The molecule has 1 aliphatic heterocycles. The summed E-state index contributed by atoms with van der Waals surface area (Å²) in [6.45, 7) is 1.20. The first kappa shape index (κ1) is 13.2. The van der Waals surface area contributed by atoms with Gasteiger partial charge in [0, 0.05) is 17.3 Å². The molecule has 1 heterocycles. The van der Waals surface area contributed by atoms with Crippen molar-refractivity contribution < 1.29 is 0 Å². The summed E-state index contributed by atoms with van der Waals surface area (Å²) in [5.74, 6) is 1.62. The van der Waals surface area contributed by atoms with Gasteiger partial charge in [0.1, 0.15) is 0 Å². The molecule has 0 spiro atoms. The maximum atomic E-state index is 6.07. The summed E-state index contributed by atoms with van der Waals surface area (Å²) >= 11 is 6.07. The van der Waals surface area contributed by atoms with E-state index >= 15 is 0 Å². The molecular weight excluding hydrogens is 266 g/mol. The molecule has 2 fully saturated rings. The van der Waals surface area contributed by atoms with Crippen LogP contribution in [0, 0.1) is 5.92 Å². The maximum absolute atomic E-state index is 6.07. The number of halogens is 1. The maximum Gasteiger partial charge on any atom is 0.0264 e. The van der Waals surface area contributed by atoms with Gasteiger partial charge < -0.3 is 5.32 Å². The Bertz CT molecular complexity index is 494. The molecule has 2 bridgehead atoms. The van der Waals surface area contributed by atoms with Crippen molar-refractivity contribution >= 4 is 11.6 Å². The number of hydrogen-bond donors (Lipinski definition) is 1. The predicted octanol–water partition coefficient (Wildman–Crippen LogP) is 3.81. The molecule has 4 rings (SSSR count). The Labute approximate surface area is 127 Å². The molecule has 2 heteroatoms. The number of nitrogens with one attached hydrogen (secondary N) is 1. The number of hydrogen-bond acceptors (Lipinski definition) is 1. The topological polar surface area (TPSA) is 12.0 Å². The Balaban J connectivity index is 1.89. The van der Waals surface area contributed by atoms with Gasteiger partial charge in [0.05, 0.1) is 0 Å². The van der Waals surface area contributed by atoms with Crippen LogP contribution in [-0.4, -0.2) is 18.5 Å². The van der Waals surface area contributed by atoms with Gasteiger partial charge in [-0.15, -0.1) is 11.6 Å². The number of fused-ring (bicyclic) bond motifs is 1. The van der Waals surface area contributed by atoms with Crippen molar-refractivity contribution in [2.45, 2.75) is 56.4 Å². The van der Waals surface area contributed by atoms with Crippen LogP contribution in [0.1, 0.15) is 48.8 Å². The molecule has 0 amide bonds. The quantitative estimate of drug-likeness (QED) is 0.816. The van der Waals surface area contributed by atoms with Crippen LogP contribution >= 0.6 is 11.6 Å². The van der Waals surface area contributed by atoms with Crippen molar-refractivity contribution in [3.05, 3.63) is 34.9 Å². The Hall–Kier alpha value is -0.530. The van der Waals surface area contributed by atoms with Crippen LogP contribution in [0.3, 0.4) is 0 Å². The fraction of sp³-hybridized carbons (Fsp3) is 0.667. The molecule has 1 aromatic rings. The lowest BCUT2D eigenvalue weighted by molar-refractivity contribution is 0.0790. The van der Waals surface area contributed by atoms with Crippen LogP contribution in [0.4, 0.5) is 0 Å². The van der Waals surface area contributed by atoms with E-state index in [1.807, 2.05) is 0 Å². The van der Waals surface area contributed by atoms with Crippen LogP contribution in [-0.2, 0) is 18.3 Å². The third-order valence-corrected chi connectivity index (χ3v) is 6.29. The summed E-state index contributed by atoms with van der Waals surface area (Å²) in [5, 5.41) is 3.81. The van der Waals surface area contributed by atoms with Crippen LogP contribution in [0.5, 0.6) is 0 Å². The number of benzene rings is 1. The second-order valence-corrected chi connectivity index (χ2v) is 7.29.